The molecule has 1 rings (SSSR count). The second kappa shape index (κ2) is 7.31. The van der Waals surface area contributed by atoms with E-state index in [1.165, 1.54) is 0 Å². The maximum atomic E-state index is 11.3. The number of hydrogen-bond acceptors (Lipinski definition) is 2. The summed E-state index contributed by atoms with van der Waals surface area (Å²) in [4.78, 5) is 22.0. The summed E-state index contributed by atoms with van der Waals surface area (Å²) in [5.74, 6) is -0.840. The molecule has 0 unspecified atom stereocenters. The Hall–Kier alpha value is -2.16. The fourth-order valence-electron chi connectivity index (χ4n) is 1.68. The Kier molecular flexibility index (Phi) is 5.73. The van der Waals surface area contributed by atoms with Crippen molar-refractivity contribution in [3.63, 3.8) is 0 Å². The van der Waals surface area contributed by atoms with Gasteiger partial charge in [0.15, 0.2) is 5.78 Å². The van der Waals surface area contributed by atoms with Crippen LogP contribution in [0.1, 0.15) is 42.6 Å². The van der Waals surface area contributed by atoms with Crippen LogP contribution in [0.25, 0.3) is 6.08 Å². The predicted molar refractivity (Wildman–Crippen MR) is 76.1 cm³/mol. The van der Waals surface area contributed by atoms with Gasteiger partial charge in [-0.25, -0.2) is 4.79 Å². The number of aromatic carboxylic acids is 1. The van der Waals surface area contributed by atoms with Gasteiger partial charge >= 0.3 is 5.97 Å². The van der Waals surface area contributed by atoms with Crippen molar-refractivity contribution in [2.45, 2.75) is 26.7 Å². The lowest BCUT2D eigenvalue weighted by Gasteiger charge is -1.99. The zero-order valence-electron chi connectivity index (χ0n) is 11.2. The molecular weight excluding hydrogens is 240 g/mol. The summed E-state index contributed by atoms with van der Waals surface area (Å²) in [6, 6.07) is 6.62. The molecule has 1 aromatic carbocycles. The van der Waals surface area contributed by atoms with Crippen molar-refractivity contribution in [3.8, 4) is 0 Å². The van der Waals surface area contributed by atoms with E-state index < -0.39 is 5.97 Å². The topological polar surface area (TPSA) is 54.4 Å². The van der Waals surface area contributed by atoms with Gasteiger partial charge in [0.2, 0.25) is 0 Å². The fourth-order valence-corrected chi connectivity index (χ4v) is 1.68. The van der Waals surface area contributed by atoms with E-state index in [1.807, 2.05) is 25.2 Å². The molecule has 1 N–H and O–H groups in total. The van der Waals surface area contributed by atoms with E-state index in [1.54, 1.807) is 31.2 Å². The molecule has 19 heavy (non-hydrogen) atoms. The summed E-state index contributed by atoms with van der Waals surface area (Å²) in [6.45, 7) is 3.56. The molecule has 0 aromatic heterocycles. The molecule has 0 saturated carbocycles. The molecule has 0 aliphatic heterocycles. The smallest absolute Gasteiger partial charge is 0.335 e. The third kappa shape index (κ3) is 4.92. The van der Waals surface area contributed by atoms with Crippen LogP contribution in [0.15, 0.2) is 42.0 Å². The van der Waals surface area contributed by atoms with Gasteiger partial charge in [-0.3, -0.25) is 4.79 Å². The van der Waals surface area contributed by atoms with E-state index in [2.05, 4.69) is 0 Å². The van der Waals surface area contributed by atoms with Gasteiger partial charge in [0.25, 0.3) is 0 Å². The largest absolute Gasteiger partial charge is 0.478 e. The lowest BCUT2D eigenvalue weighted by Crippen LogP contribution is -1.95. The summed E-state index contributed by atoms with van der Waals surface area (Å²) in [6.07, 6.45) is 7.18. The summed E-state index contributed by atoms with van der Waals surface area (Å²) < 4.78 is 0. The second-order valence-corrected chi connectivity index (χ2v) is 4.23. The molecule has 0 amide bonds. The predicted octanol–water partition coefficient (Wildman–Crippen LogP) is 3.71. The monoisotopic (exact) mass is 258 g/mol. The quantitative estimate of drug-likeness (QED) is 0.791. The minimum absolute atomic E-state index is 0.0905. The number of Topliss-reactive ketones (excluding diaryl/α,β-unsaturated/α-hetero) is 1. The van der Waals surface area contributed by atoms with Crippen LogP contribution in [0.3, 0.4) is 0 Å². The zero-order chi connectivity index (χ0) is 14.3. The second-order valence-electron chi connectivity index (χ2n) is 4.23. The number of benzene rings is 1. The highest BCUT2D eigenvalue weighted by molar-refractivity contribution is 5.93. The van der Waals surface area contributed by atoms with E-state index in [4.69, 9.17) is 5.11 Å². The Balaban J connectivity index is 2.69. The van der Waals surface area contributed by atoms with Gasteiger partial charge in [-0.2, -0.15) is 0 Å². The maximum absolute atomic E-state index is 11.3. The summed E-state index contributed by atoms with van der Waals surface area (Å²) in [7, 11) is 0. The van der Waals surface area contributed by atoms with E-state index in [-0.39, 0.29) is 11.3 Å². The third-order valence-corrected chi connectivity index (χ3v) is 2.71. The van der Waals surface area contributed by atoms with Crippen LogP contribution >= 0.6 is 0 Å². The van der Waals surface area contributed by atoms with Crippen molar-refractivity contribution in [2.24, 2.45) is 0 Å². The zero-order valence-corrected chi connectivity index (χ0v) is 11.2. The summed E-state index contributed by atoms with van der Waals surface area (Å²) >= 11 is 0. The number of rotatable bonds is 6. The van der Waals surface area contributed by atoms with Gasteiger partial charge in [0, 0.05) is 0 Å². The number of hydrogen-bond donors (Lipinski definition) is 1. The Morgan fingerprint density at radius 1 is 1.21 bits per heavy atom. The molecule has 0 saturated heterocycles. The number of carboxylic acids is 1. The van der Waals surface area contributed by atoms with Crippen molar-refractivity contribution in [1.29, 1.82) is 0 Å². The Morgan fingerprint density at radius 3 is 2.32 bits per heavy atom. The molecule has 3 nitrogen and oxygen atoms in total. The number of carboxylic acid groups (broad SMARTS) is 1. The van der Waals surface area contributed by atoms with Crippen molar-refractivity contribution in [3.05, 3.63) is 53.1 Å². The summed E-state index contributed by atoms with van der Waals surface area (Å²) in [5.41, 5.74) is 2.00. The highest BCUT2D eigenvalue weighted by Crippen LogP contribution is 2.10. The van der Waals surface area contributed by atoms with Gasteiger partial charge in [-0.15, -0.1) is 0 Å². The molecule has 1 aromatic rings. The Labute approximate surface area is 113 Å². The average molecular weight is 258 g/mol. The van der Waals surface area contributed by atoms with Crippen molar-refractivity contribution >= 4 is 17.8 Å². The molecule has 0 spiro atoms. The Morgan fingerprint density at radius 2 is 1.84 bits per heavy atom. The molecule has 100 valence electrons. The number of carbonyl (C=O) groups is 2. The Bertz CT molecular complexity index is 507. The maximum Gasteiger partial charge on any atom is 0.335 e. The highest BCUT2D eigenvalue weighted by Gasteiger charge is 2.01. The minimum Gasteiger partial charge on any atom is -0.478 e. The fraction of sp³-hybridized carbons (Fsp3) is 0.250. The first-order valence-corrected chi connectivity index (χ1v) is 6.24. The van der Waals surface area contributed by atoms with Crippen LogP contribution in [0.2, 0.25) is 0 Å². The SMILES string of the molecule is CC/C=C(\CC=Cc1ccc(C(=O)O)cc1)C(C)=O. The van der Waals surface area contributed by atoms with Crippen LogP contribution < -0.4 is 0 Å². The number of allylic oxidation sites excluding steroid dienone is 3. The normalized spacial score (nSPS) is 11.8. The number of carbonyl (C=O) groups excluding carboxylic acids is 1. The third-order valence-electron chi connectivity index (χ3n) is 2.71. The minimum atomic E-state index is -0.930. The van der Waals surface area contributed by atoms with E-state index in [9.17, 15) is 9.59 Å². The van der Waals surface area contributed by atoms with Crippen molar-refractivity contribution in [1.82, 2.24) is 0 Å². The van der Waals surface area contributed by atoms with Gasteiger partial charge in [-0.1, -0.05) is 37.3 Å². The van der Waals surface area contributed by atoms with Crippen LogP contribution in [0, 0.1) is 0 Å². The lowest BCUT2D eigenvalue weighted by atomic mass is 10.1. The molecule has 0 heterocycles. The van der Waals surface area contributed by atoms with E-state index in [0.29, 0.717) is 6.42 Å². The standard InChI is InChI=1S/C16H18O3/c1-3-5-14(12(2)17)7-4-6-13-8-10-15(11-9-13)16(18)19/h4-6,8-11H,3,7H2,1-2H3,(H,18,19)/b6-4?,14-5+. The van der Waals surface area contributed by atoms with Crippen molar-refractivity contribution < 1.29 is 14.7 Å². The summed E-state index contributed by atoms with van der Waals surface area (Å²) in [5, 5.41) is 8.78. The molecule has 0 fully saturated rings. The van der Waals surface area contributed by atoms with Crippen LogP contribution in [-0.2, 0) is 4.79 Å². The molecule has 0 radical (unpaired) electrons. The van der Waals surface area contributed by atoms with Gasteiger partial charge in [0.1, 0.15) is 0 Å². The number of ketones is 1. The van der Waals surface area contributed by atoms with E-state index in [0.717, 1.165) is 17.6 Å². The molecular formula is C16H18O3. The highest BCUT2D eigenvalue weighted by atomic mass is 16.4. The average Bonchev–Trinajstić information content (AvgIpc) is 2.38. The first-order valence-electron chi connectivity index (χ1n) is 6.24. The molecule has 3 heteroatoms. The van der Waals surface area contributed by atoms with Crippen LogP contribution in [0.5, 0.6) is 0 Å². The first kappa shape index (κ1) is 14.9. The molecule has 0 aliphatic carbocycles. The van der Waals surface area contributed by atoms with Gasteiger partial charge < -0.3 is 5.11 Å². The first-order chi connectivity index (χ1) is 9.04. The molecule has 0 atom stereocenters. The van der Waals surface area contributed by atoms with E-state index >= 15 is 0 Å². The molecule has 0 aliphatic rings. The van der Waals surface area contributed by atoms with Gasteiger partial charge in [-0.05, 0) is 43.0 Å². The lowest BCUT2D eigenvalue weighted by molar-refractivity contribution is -0.113. The molecule has 0 bridgehead atoms. The van der Waals surface area contributed by atoms with Crippen molar-refractivity contribution in [2.75, 3.05) is 0 Å². The van der Waals surface area contributed by atoms with Crippen LogP contribution in [0.4, 0.5) is 0 Å². The van der Waals surface area contributed by atoms with Crippen LogP contribution in [-0.4, -0.2) is 16.9 Å². The van der Waals surface area contributed by atoms with Gasteiger partial charge in [0.05, 0.1) is 5.56 Å².